The van der Waals surface area contributed by atoms with Gasteiger partial charge in [0.25, 0.3) is 5.91 Å². The van der Waals surface area contributed by atoms with Crippen molar-refractivity contribution >= 4 is 29.4 Å². The van der Waals surface area contributed by atoms with Crippen LogP contribution in [0, 0.1) is 11.8 Å². The van der Waals surface area contributed by atoms with E-state index in [2.05, 4.69) is 18.5 Å². The first-order chi connectivity index (χ1) is 23.7. The number of ether oxygens (including phenoxy) is 4. The summed E-state index contributed by atoms with van der Waals surface area (Å²) in [5.74, 6) is -3.20. The number of β-amino-alcohol motifs (C(OH)–C–C–N with tert-alkyl or cyclic N) is 1. The van der Waals surface area contributed by atoms with E-state index in [0.29, 0.717) is 36.3 Å². The van der Waals surface area contributed by atoms with E-state index in [-0.39, 0.29) is 38.6 Å². The summed E-state index contributed by atoms with van der Waals surface area (Å²) in [6.45, 7) is 7.20. The van der Waals surface area contributed by atoms with Crippen LogP contribution in [0.25, 0.3) is 0 Å². The van der Waals surface area contributed by atoms with Crippen LogP contribution in [0.1, 0.15) is 37.4 Å². The Hall–Kier alpha value is -4.52. The first kappa shape index (κ1) is 35.8. The second-order valence-corrected chi connectivity index (χ2v) is 12.5. The molecule has 12 nitrogen and oxygen atoms in total. The minimum absolute atomic E-state index is 0.0505. The summed E-state index contributed by atoms with van der Waals surface area (Å²) in [4.78, 5) is 58.8. The number of fused-ring (bicyclic) bond motifs is 1. The second-order valence-electron chi connectivity index (χ2n) is 12.5. The number of rotatable bonds is 17. The van der Waals surface area contributed by atoms with Crippen molar-refractivity contribution in [2.45, 2.75) is 55.6 Å². The predicted octanol–water partition coefficient (Wildman–Crippen LogP) is 2.96. The van der Waals surface area contributed by atoms with Crippen LogP contribution in [0.4, 0.5) is 5.69 Å². The number of nitrogens with one attached hydrogen (secondary N) is 1. The smallest absolute Gasteiger partial charge is 0.313 e. The number of carbonyl (C=O) groups excluding carboxylic acids is 4. The van der Waals surface area contributed by atoms with Crippen LogP contribution < -0.4 is 15.0 Å². The van der Waals surface area contributed by atoms with Crippen molar-refractivity contribution in [2.24, 2.45) is 11.8 Å². The number of nitrogens with zero attached hydrogens (tertiary/aromatic N) is 2. The molecule has 3 aliphatic rings. The maximum Gasteiger partial charge on any atom is 0.313 e. The van der Waals surface area contributed by atoms with Gasteiger partial charge in [-0.15, -0.1) is 13.2 Å². The molecule has 0 aromatic heterocycles. The number of aliphatic hydroxyl groups is 1. The van der Waals surface area contributed by atoms with Crippen molar-refractivity contribution < 1.29 is 43.2 Å². The highest BCUT2D eigenvalue weighted by Crippen LogP contribution is 2.59. The molecule has 262 valence electrons. The Morgan fingerprint density at radius 2 is 1.86 bits per heavy atom. The van der Waals surface area contributed by atoms with E-state index in [1.807, 2.05) is 6.07 Å². The second kappa shape index (κ2) is 15.8. The lowest BCUT2D eigenvalue weighted by atomic mass is 9.70. The summed E-state index contributed by atoms with van der Waals surface area (Å²) >= 11 is 0. The van der Waals surface area contributed by atoms with Crippen molar-refractivity contribution in [3.8, 4) is 5.75 Å². The molecule has 0 unspecified atom stereocenters. The van der Waals surface area contributed by atoms with E-state index in [1.165, 1.54) is 16.9 Å². The van der Waals surface area contributed by atoms with Crippen molar-refractivity contribution in [1.82, 2.24) is 10.2 Å². The third-order valence-corrected chi connectivity index (χ3v) is 9.61. The molecule has 7 atom stereocenters. The Bertz CT molecular complexity index is 1520. The van der Waals surface area contributed by atoms with Crippen molar-refractivity contribution in [3.63, 3.8) is 0 Å². The third-order valence-electron chi connectivity index (χ3n) is 9.61. The summed E-state index contributed by atoms with van der Waals surface area (Å²) in [6, 6.07) is 14.1. The zero-order valence-corrected chi connectivity index (χ0v) is 28.0. The number of methoxy groups -OCH3 is 2. The molecule has 5 rings (SSSR count). The lowest BCUT2D eigenvalue weighted by molar-refractivity contribution is -0.163. The molecule has 2 bridgehead atoms. The highest BCUT2D eigenvalue weighted by Gasteiger charge is 2.75. The Balaban J connectivity index is 1.47. The molecule has 2 aromatic rings. The average molecular weight is 676 g/mol. The molecular weight excluding hydrogens is 630 g/mol. The largest absolute Gasteiger partial charge is 0.497 e. The standard InChI is InChI=1S/C37H45N3O9/c1-5-7-13-29(42)38-27(23-46-3)32(24-11-9-8-10-12-24)48-36(45)30-28-18-19-37(49-28)31(30)34(43)40(21-22-41)33(37)35(44)39(20-6-2)25-14-16-26(47-4)17-15-25/h5-6,8-12,14-17,27-28,30-33,41H,1-2,7,13,18-23H2,3-4H3,(H,38,42)/t27-,28-,30+,31+,32-,33-,37+/m0/s1. The zero-order chi connectivity index (χ0) is 35.1. The molecule has 3 aliphatic heterocycles. The maximum atomic E-state index is 14.5. The maximum absolute atomic E-state index is 14.5. The molecule has 2 aromatic carbocycles. The molecule has 3 heterocycles. The van der Waals surface area contributed by atoms with Gasteiger partial charge in [0, 0.05) is 32.3 Å². The SMILES string of the molecule is C=CCCC(=O)N[C@@H](COC)[C@@H](OC(=O)[C@@H]1[C@@H]2CC[C@]3(O2)[C@H](C(=O)N(CC=C)c2ccc(OC)cc2)N(CCO)C(=O)[C@@H]13)c1ccccc1. The van der Waals surface area contributed by atoms with Gasteiger partial charge in [0.15, 0.2) is 0 Å². The van der Waals surface area contributed by atoms with Crippen LogP contribution in [0.5, 0.6) is 5.75 Å². The normalized spacial score (nSPS) is 24.9. The van der Waals surface area contributed by atoms with Crippen LogP contribution >= 0.6 is 0 Å². The van der Waals surface area contributed by atoms with Gasteiger partial charge in [-0.25, -0.2) is 0 Å². The molecule has 49 heavy (non-hydrogen) atoms. The van der Waals surface area contributed by atoms with Gasteiger partial charge in [0.1, 0.15) is 23.5 Å². The first-order valence-corrected chi connectivity index (χ1v) is 16.5. The zero-order valence-electron chi connectivity index (χ0n) is 28.0. The molecule has 0 saturated carbocycles. The first-order valence-electron chi connectivity index (χ1n) is 16.5. The lowest BCUT2D eigenvalue weighted by Gasteiger charge is -2.36. The fourth-order valence-electron chi connectivity index (χ4n) is 7.54. The van der Waals surface area contributed by atoms with E-state index in [0.717, 1.165) is 0 Å². The van der Waals surface area contributed by atoms with E-state index in [9.17, 15) is 24.3 Å². The number of amides is 3. The summed E-state index contributed by atoms with van der Waals surface area (Å²) < 4.78 is 23.5. The quantitative estimate of drug-likeness (QED) is 0.191. The van der Waals surface area contributed by atoms with Gasteiger partial charge >= 0.3 is 5.97 Å². The topological polar surface area (TPSA) is 144 Å². The number of anilines is 1. The number of aliphatic hydroxyl groups excluding tert-OH is 1. The van der Waals surface area contributed by atoms with Gasteiger partial charge in [0.05, 0.1) is 44.3 Å². The number of hydrogen-bond donors (Lipinski definition) is 2. The summed E-state index contributed by atoms with van der Waals surface area (Å²) in [5.41, 5.74) is -0.111. The van der Waals surface area contributed by atoms with Crippen LogP contribution in [0.3, 0.4) is 0 Å². The van der Waals surface area contributed by atoms with Crippen molar-refractivity contribution in [3.05, 3.63) is 85.5 Å². The van der Waals surface area contributed by atoms with Crippen LogP contribution in [-0.4, -0.2) is 98.0 Å². The molecule has 2 N–H and O–H groups in total. The fraction of sp³-hybridized carbons (Fsp3) is 0.459. The molecule has 0 radical (unpaired) electrons. The van der Waals surface area contributed by atoms with Gasteiger partial charge in [-0.05, 0) is 49.1 Å². The Morgan fingerprint density at radius 1 is 1.12 bits per heavy atom. The van der Waals surface area contributed by atoms with E-state index >= 15 is 0 Å². The number of benzene rings is 2. The molecule has 3 saturated heterocycles. The average Bonchev–Trinajstić information content (AvgIpc) is 3.76. The Labute approximate surface area is 286 Å². The van der Waals surface area contributed by atoms with Gasteiger partial charge in [0.2, 0.25) is 11.8 Å². The lowest BCUT2D eigenvalue weighted by Crippen LogP contribution is -2.56. The molecule has 12 heteroatoms. The summed E-state index contributed by atoms with van der Waals surface area (Å²) in [6.07, 6.45) is 3.10. The number of allylic oxidation sites excluding steroid dienone is 1. The highest BCUT2D eigenvalue weighted by atomic mass is 16.6. The van der Waals surface area contributed by atoms with Crippen LogP contribution in [0.15, 0.2) is 79.9 Å². The minimum Gasteiger partial charge on any atom is -0.497 e. The van der Waals surface area contributed by atoms with E-state index < -0.39 is 59.5 Å². The minimum atomic E-state index is -1.31. The van der Waals surface area contributed by atoms with Crippen LogP contribution in [-0.2, 0) is 33.4 Å². The van der Waals surface area contributed by atoms with E-state index in [1.54, 1.807) is 67.8 Å². The number of likely N-dealkylation sites (tertiary alicyclic amines) is 1. The van der Waals surface area contributed by atoms with Crippen molar-refractivity contribution in [2.75, 3.05) is 45.4 Å². The van der Waals surface area contributed by atoms with Crippen molar-refractivity contribution in [1.29, 1.82) is 0 Å². The van der Waals surface area contributed by atoms with Crippen LogP contribution in [0.2, 0.25) is 0 Å². The number of carbonyl (C=O) groups is 4. The summed E-state index contributed by atoms with van der Waals surface area (Å²) in [7, 11) is 3.04. The Morgan fingerprint density at radius 3 is 2.49 bits per heavy atom. The van der Waals surface area contributed by atoms with Gasteiger partial charge in [-0.1, -0.05) is 42.5 Å². The Kier molecular flexibility index (Phi) is 11.5. The monoisotopic (exact) mass is 675 g/mol. The molecule has 3 amide bonds. The van der Waals surface area contributed by atoms with Gasteiger partial charge < -0.3 is 39.2 Å². The third kappa shape index (κ3) is 6.99. The highest BCUT2D eigenvalue weighted by molar-refractivity contribution is 6.04. The summed E-state index contributed by atoms with van der Waals surface area (Å²) in [5, 5.41) is 13.0. The number of hydrogen-bond acceptors (Lipinski definition) is 9. The molecule has 3 fully saturated rings. The predicted molar refractivity (Wildman–Crippen MR) is 180 cm³/mol. The molecular formula is C37H45N3O9. The van der Waals surface area contributed by atoms with Gasteiger partial charge in [-0.2, -0.15) is 0 Å². The number of esters is 1. The van der Waals surface area contributed by atoms with E-state index in [4.69, 9.17) is 18.9 Å². The fourth-order valence-corrected chi connectivity index (χ4v) is 7.54. The molecule has 0 aliphatic carbocycles. The van der Waals surface area contributed by atoms with Gasteiger partial charge in [-0.3, -0.25) is 19.2 Å². The molecule has 1 spiro atoms.